The van der Waals surface area contributed by atoms with Gasteiger partial charge < -0.3 is 15.5 Å². The first-order valence-corrected chi connectivity index (χ1v) is 8.38. The van der Waals surface area contributed by atoms with Crippen molar-refractivity contribution in [3.8, 4) is 0 Å². The van der Waals surface area contributed by atoms with Crippen molar-refractivity contribution < 1.29 is 0 Å². The highest BCUT2D eigenvalue weighted by Crippen LogP contribution is 2.19. The molecule has 1 saturated heterocycles. The molecule has 2 rings (SSSR count). The lowest BCUT2D eigenvalue weighted by Crippen LogP contribution is -2.47. The van der Waals surface area contributed by atoms with Crippen LogP contribution in [-0.4, -0.2) is 49.1 Å². The molecule has 1 heterocycles. The quantitative estimate of drug-likeness (QED) is 0.877. The first-order valence-electron chi connectivity index (χ1n) is 8.00. The van der Waals surface area contributed by atoms with E-state index in [1.165, 1.54) is 19.6 Å². The second-order valence-electron chi connectivity index (χ2n) is 6.49. The van der Waals surface area contributed by atoms with Crippen LogP contribution >= 0.6 is 11.6 Å². The number of piperazine rings is 1. The van der Waals surface area contributed by atoms with E-state index in [1.54, 1.807) is 0 Å². The van der Waals surface area contributed by atoms with E-state index >= 15 is 0 Å². The average Bonchev–Trinajstić information content (AvgIpc) is 2.45. The van der Waals surface area contributed by atoms with E-state index in [1.807, 2.05) is 18.2 Å². The van der Waals surface area contributed by atoms with E-state index in [4.69, 9.17) is 17.3 Å². The third kappa shape index (κ3) is 5.59. The highest BCUT2D eigenvalue weighted by Gasteiger charge is 2.18. The van der Waals surface area contributed by atoms with Crippen LogP contribution in [0.5, 0.6) is 0 Å². The highest BCUT2D eigenvalue weighted by atomic mass is 35.5. The maximum atomic E-state index is 6.28. The molecule has 1 aromatic rings. The smallest absolute Gasteiger partial charge is 0.0409 e. The highest BCUT2D eigenvalue weighted by molar-refractivity contribution is 6.30. The van der Waals surface area contributed by atoms with Gasteiger partial charge >= 0.3 is 0 Å². The fourth-order valence-electron chi connectivity index (χ4n) is 2.94. The van der Waals surface area contributed by atoms with E-state index < -0.39 is 0 Å². The lowest BCUT2D eigenvalue weighted by atomic mass is 10.0. The van der Waals surface area contributed by atoms with E-state index in [0.717, 1.165) is 42.6 Å². The summed E-state index contributed by atoms with van der Waals surface area (Å²) in [6.45, 7) is 11.6. The zero-order valence-electron chi connectivity index (χ0n) is 13.3. The average molecular weight is 310 g/mol. The molecule has 3 nitrogen and oxygen atoms in total. The van der Waals surface area contributed by atoms with E-state index in [0.29, 0.717) is 0 Å². The molecule has 1 aliphatic rings. The second kappa shape index (κ2) is 8.14. The molecule has 21 heavy (non-hydrogen) atoms. The van der Waals surface area contributed by atoms with Gasteiger partial charge in [-0.05, 0) is 30.0 Å². The molecule has 118 valence electrons. The Bertz CT molecular complexity index is 428. The number of benzene rings is 1. The standard InChI is InChI=1S/C17H28ClN3/c1-14(2)13-21-10-8-20(9-11-21)7-6-17(19)15-4-3-5-16(18)12-15/h3-5,12,14,17H,6-11,13,19H2,1-2H3. The SMILES string of the molecule is CC(C)CN1CCN(CCC(N)c2cccc(Cl)c2)CC1. The molecule has 1 aromatic carbocycles. The van der Waals surface area contributed by atoms with Crippen LogP contribution in [0.1, 0.15) is 31.9 Å². The van der Waals surface area contributed by atoms with Gasteiger partial charge in [0.25, 0.3) is 0 Å². The molecule has 2 N–H and O–H groups in total. The molecule has 1 atom stereocenters. The van der Waals surface area contributed by atoms with Gasteiger partial charge in [0.15, 0.2) is 0 Å². The Balaban J connectivity index is 1.72. The third-order valence-electron chi connectivity index (χ3n) is 4.12. The van der Waals surface area contributed by atoms with Crippen molar-refractivity contribution in [2.24, 2.45) is 11.7 Å². The molecule has 0 spiro atoms. The minimum Gasteiger partial charge on any atom is -0.324 e. The summed E-state index contributed by atoms with van der Waals surface area (Å²) in [5, 5.41) is 0.769. The summed E-state index contributed by atoms with van der Waals surface area (Å²) in [5.74, 6) is 0.757. The van der Waals surface area contributed by atoms with Gasteiger partial charge in [0.1, 0.15) is 0 Å². The number of hydrogen-bond donors (Lipinski definition) is 1. The van der Waals surface area contributed by atoms with Crippen LogP contribution in [0.2, 0.25) is 5.02 Å². The van der Waals surface area contributed by atoms with Gasteiger partial charge in [0.05, 0.1) is 0 Å². The summed E-state index contributed by atoms with van der Waals surface area (Å²) in [4.78, 5) is 5.10. The summed E-state index contributed by atoms with van der Waals surface area (Å²) in [5.41, 5.74) is 7.42. The number of hydrogen-bond acceptors (Lipinski definition) is 3. The van der Waals surface area contributed by atoms with Gasteiger partial charge in [-0.1, -0.05) is 37.6 Å². The predicted octanol–water partition coefficient (Wildman–Crippen LogP) is 3.00. The van der Waals surface area contributed by atoms with Crippen LogP contribution in [0.3, 0.4) is 0 Å². The normalized spacial score (nSPS) is 19.1. The van der Waals surface area contributed by atoms with Gasteiger partial charge in [0.2, 0.25) is 0 Å². The molecule has 4 heteroatoms. The monoisotopic (exact) mass is 309 g/mol. The zero-order valence-corrected chi connectivity index (χ0v) is 14.0. The molecule has 1 unspecified atom stereocenters. The summed E-state index contributed by atoms with van der Waals surface area (Å²) >= 11 is 6.02. The molecule has 0 aromatic heterocycles. The maximum Gasteiger partial charge on any atom is 0.0409 e. The molecule has 0 bridgehead atoms. The minimum atomic E-state index is 0.0809. The Kier molecular flexibility index (Phi) is 6.49. The summed E-state index contributed by atoms with van der Waals surface area (Å²) < 4.78 is 0. The largest absolute Gasteiger partial charge is 0.324 e. The summed E-state index contributed by atoms with van der Waals surface area (Å²) in [6, 6.07) is 8.00. The van der Waals surface area contributed by atoms with Gasteiger partial charge in [-0.15, -0.1) is 0 Å². The van der Waals surface area contributed by atoms with Crippen molar-refractivity contribution in [1.29, 1.82) is 0 Å². The molecule has 0 radical (unpaired) electrons. The van der Waals surface area contributed by atoms with Gasteiger partial charge in [-0.2, -0.15) is 0 Å². The van der Waals surface area contributed by atoms with Crippen LogP contribution in [0.25, 0.3) is 0 Å². The lowest BCUT2D eigenvalue weighted by molar-refractivity contribution is 0.120. The maximum absolute atomic E-state index is 6.28. The first-order chi connectivity index (χ1) is 10.0. The van der Waals surface area contributed by atoms with Crippen molar-refractivity contribution in [1.82, 2.24) is 9.80 Å². The van der Waals surface area contributed by atoms with Crippen molar-refractivity contribution in [2.45, 2.75) is 26.3 Å². The second-order valence-corrected chi connectivity index (χ2v) is 6.92. The van der Waals surface area contributed by atoms with E-state index in [9.17, 15) is 0 Å². The van der Waals surface area contributed by atoms with Gasteiger partial charge in [-0.3, -0.25) is 0 Å². The number of halogens is 1. The molecule has 0 aliphatic carbocycles. The topological polar surface area (TPSA) is 32.5 Å². The first kappa shape index (κ1) is 16.8. The van der Waals surface area contributed by atoms with Crippen LogP contribution in [0.15, 0.2) is 24.3 Å². The van der Waals surface area contributed by atoms with Crippen LogP contribution < -0.4 is 5.73 Å². The molecule has 0 amide bonds. The van der Waals surface area contributed by atoms with Gasteiger partial charge in [-0.25, -0.2) is 0 Å². The number of nitrogens with two attached hydrogens (primary N) is 1. The van der Waals surface area contributed by atoms with Crippen LogP contribution in [0.4, 0.5) is 0 Å². The Morgan fingerprint density at radius 3 is 2.43 bits per heavy atom. The predicted molar refractivity (Wildman–Crippen MR) is 90.7 cm³/mol. The van der Waals surface area contributed by atoms with Gasteiger partial charge in [0, 0.05) is 50.3 Å². The molecular weight excluding hydrogens is 282 g/mol. The summed E-state index contributed by atoms with van der Waals surface area (Å²) in [6.07, 6.45) is 0.991. The van der Waals surface area contributed by atoms with Crippen molar-refractivity contribution in [2.75, 3.05) is 39.3 Å². The Hall–Kier alpha value is -0.610. The van der Waals surface area contributed by atoms with Crippen molar-refractivity contribution in [3.05, 3.63) is 34.9 Å². The molecule has 0 saturated carbocycles. The number of rotatable bonds is 6. The molecule has 1 fully saturated rings. The third-order valence-corrected chi connectivity index (χ3v) is 4.36. The number of nitrogens with zero attached hydrogens (tertiary/aromatic N) is 2. The van der Waals surface area contributed by atoms with E-state index in [2.05, 4.69) is 29.7 Å². The fraction of sp³-hybridized carbons (Fsp3) is 0.647. The Labute approximate surface area is 134 Å². The molecule has 1 aliphatic heterocycles. The van der Waals surface area contributed by atoms with E-state index in [-0.39, 0.29) is 6.04 Å². The van der Waals surface area contributed by atoms with Crippen LogP contribution in [-0.2, 0) is 0 Å². The minimum absolute atomic E-state index is 0.0809. The van der Waals surface area contributed by atoms with Crippen molar-refractivity contribution in [3.63, 3.8) is 0 Å². The zero-order chi connectivity index (χ0) is 15.2. The lowest BCUT2D eigenvalue weighted by Gasteiger charge is -2.35. The Morgan fingerprint density at radius 2 is 1.81 bits per heavy atom. The fourth-order valence-corrected chi connectivity index (χ4v) is 3.14. The van der Waals surface area contributed by atoms with Crippen molar-refractivity contribution >= 4 is 11.6 Å². The van der Waals surface area contributed by atoms with Crippen LogP contribution in [0, 0.1) is 5.92 Å². The molecular formula is C17H28ClN3. The summed E-state index contributed by atoms with van der Waals surface area (Å²) in [7, 11) is 0. The Morgan fingerprint density at radius 1 is 1.14 bits per heavy atom.